The topological polar surface area (TPSA) is 48.5 Å². The molecule has 2 fully saturated rings. The molecule has 0 bridgehead atoms. The molecule has 3 aliphatic rings. The zero-order valence-corrected chi connectivity index (χ0v) is 12.6. The quantitative estimate of drug-likeness (QED) is 0.799. The molecule has 1 aliphatic carbocycles. The first kappa shape index (κ1) is 13.2. The van der Waals surface area contributed by atoms with E-state index in [0.717, 1.165) is 17.8 Å². The maximum absolute atomic E-state index is 14.7. The molecule has 4 rings (SSSR count). The highest BCUT2D eigenvalue weighted by atomic mass is 32.1. The Kier molecular flexibility index (Phi) is 2.84. The fourth-order valence-electron chi connectivity index (χ4n) is 3.94. The second kappa shape index (κ2) is 4.51. The lowest BCUT2D eigenvalue weighted by molar-refractivity contribution is -0.135. The number of halogens is 1. The van der Waals surface area contributed by atoms with Crippen molar-refractivity contribution in [3.8, 4) is 0 Å². The number of Topliss-reactive ketones (excluding diaryl/α,β-unsaturated/α-hetero) is 1. The number of rotatable bonds is 1. The van der Waals surface area contributed by atoms with Crippen LogP contribution >= 0.6 is 11.3 Å². The van der Waals surface area contributed by atoms with Crippen molar-refractivity contribution >= 4 is 17.1 Å². The number of nitrogens with zero attached hydrogens (tertiary/aromatic N) is 3. The Morgan fingerprint density at radius 2 is 2.43 bits per heavy atom. The molecule has 0 radical (unpaired) electrons. The number of aromatic nitrogens is 1. The molecule has 5 nitrogen and oxygen atoms in total. The molecule has 112 valence electrons. The second-order valence-electron chi connectivity index (χ2n) is 5.97. The second-order valence-corrected chi connectivity index (χ2v) is 6.89. The van der Waals surface area contributed by atoms with Gasteiger partial charge in [0.05, 0.1) is 6.20 Å². The minimum Gasteiger partial charge on any atom is -0.374 e. The summed E-state index contributed by atoms with van der Waals surface area (Å²) in [6.07, 6.45) is 5.13. The molecule has 1 saturated heterocycles. The molecule has 1 N–H and O–H groups in total. The summed E-state index contributed by atoms with van der Waals surface area (Å²) in [7, 11) is 1.82. The van der Waals surface area contributed by atoms with Crippen molar-refractivity contribution in [2.45, 2.75) is 37.0 Å². The molecule has 0 aromatic carbocycles. The molecule has 7 heteroatoms. The van der Waals surface area contributed by atoms with Crippen LogP contribution in [0.2, 0.25) is 0 Å². The molecule has 3 heterocycles. The van der Waals surface area contributed by atoms with Gasteiger partial charge in [-0.2, -0.15) is 4.39 Å². The summed E-state index contributed by atoms with van der Waals surface area (Å²) in [5.74, 6) is -0.213. The van der Waals surface area contributed by atoms with E-state index in [4.69, 9.17) is 0 Å². The van der Waals surface area contributed by atoms with Crippen LogP contribution in [0.5, 0.6) is 0 Å². The van der Waals surface area contributed by atoms with E-state index >= 15 is 0 Å². The van der Waals surface area contributed by atoms with E-state index in [9.17, 15) is 9.18 Å². The highest BCUT2D eigenvalue weighted by Gasteiger charge is 2.62. The number of carbonyl (C=O) groups excluding carboxylic acids is 1. The number of likely N-dealkylation sites (N-methyl/N-ethyl adjacent to an activating group) is 1. The molecule has 1 aromatic rings. The minimum atomic E-state index is -0.790. The fraction of sp³-hybridized carbons (Fsp3) is 0.571. The lowest BCUT2D eigenvalue weighted by Crippen LogP contribution is -2.65. The van der Waals surface area contributed by atoms with E-state index in [0.29, 0.717) is 13.0 Å². The summed E-state index contributed by atoms with van der Waals surface area (Å²) >= 11 is 1.49. The van der Waals surface area contributed by atoms with Crippen molar-refractivity contribution in [3.05, 3.63) is 28.7 Å². The normalized spacial score (nSPS) is 35.5. The standard InChI is InChI=1S/C14H17FN4OS/c1-18-7-11(15)19-12(13-16-5-6-21-13)17-9-3-2-4-10(20)14(9,19)8-18/h5-7,9,12,17H,2-4,8H2,1H3. The van der Waals surface area contributed by atoms with Crippen LogP contribution in [0.15, 0.2) is 23.7 Å². The predicted octanol–water partition coefficient (Wildman–Crippen LogP) is 1.62. The Balaban J connectivity index is 1.85. The summed E-state index contributed by atoms with van der Waals surface area (Å²) < 4.78 is 14.7. The van der Waals surface area contributed by atoms with E-state index < -0.39 is 5.54 Å². The van der Waals surface area contributed by atoms with Crippen molar-refractivity contribution in [2.24, 2.45) is 0 Å². The summed E-state index contributed by atoms with van der Waals surface area (Å²) in [5.41, 5.74) is -0.790. The summed E-state index contributed by atoms with van der Waals surface area (Å²) in [4.78, 5) is 20.5. The third-order valence-electron chi connectivity index (χ3n) is 4.74. The maximum Gasteiger partial charge on any atom is 0.208 e. The van der Waals surface area contributed by atoms with Crippen molar-refractivity contribution < 1.29 is 9.18 Å². The Morgan fingerprint density at radius 3 is 3.19 bits per heavy atom. The fourth-order valence-corrected chi connectivity index (χ4v) is 4.63. The van der Waals surface area contributed by atoms with Crippen molar-refractivity contribution in [3.63, 3.8) is 0 Å². The van der Waals surface area contributed by atoms with Crippen LogP contribution in [0.3, 0.4) is 0 Å². The molecule has 3 atom stereocenters. The molecule has 1 spiro atoms. The number of hydrogen-bond donors (Lipinski definition) is 1. The number of hydrogen-bond acceptors (Lipinski definition) is 6. The largest absolute Gasteiger partial charge is 0.374 e. The highest BCUT2D eigenvalue weighted by Crippen LogP contribution is 2.47. The molecule has 21 heavy (non-hydrogen) atoms. The Hall–Kier alpha value is -1.47. The number of ketones is 1. The smallest absolute Gasteiger partial charge is 0.208 e. The number of thiazole rings is 1. The maximum atomic E-state index is 14.7. The third-order valence-corrected chi connectivity index (χ3v) is 5.56. The van der Waals surface area contributed by atoms with Gasteiger partial charge in [-0.05, 0) is 12.8 Å². The summed E-state index contributed by atoms with van der Waals surface area (Å²) in [6, 6.07) is -0.0189. The van der Waals surface area contributed by atoms with Gasteiger partial charge in [-0.1, -0.05) is 0 Å². The molecule has 1 saturated carbocycles. The van der Waals surface area contributed by atoms with Gasteiger partial charge in [0.25, 0.3) is 0 Å². The first-order chi connectivity index (χ1) is 10.1. The van der Waals surface area contributed by atoms with E-state index in [-0.39, 0.29) is 23.9 Å². The average Bonchev–Trinajstić information content (AvgIpc) is 3.04. The van der Waals surface area contributed by atoms with Crippen LogP contribution in [0.1, 0.15) is 30.4 Å². The van der Waals surface area contributed by atoms with Gasteiger partial charge in [0.2, 0.25) is 5.95 Å². The van der Waals surface area contributed by atoms with Crippen molar-refractivity contribution in [1.82, 2.24) is 20.1 Å². The Morgan fingerprint density at radius 1 is 1.57 bits per heavy atom. The Bertz CT molecular complexity index is 604. The van der Waals surface area contributed by atoms with Crippen LogP contribution in [-0.4, -0.2) is 45.7 Å². The minimum absolute atomic E-state index is 0.0189. The molecule has 3 unspecified atom stereocenters. The van der Waals surface area contributed by atoms with Gasteiger partial charge < -0.3 is 9.80 Å². The zero-order chi connectivity index (χ0) is 14.6. The van der Waals surface area contributed by atoms with Gasteiger partial charge in [0.1, 0.15) is 16.7 Å². The molecule has 1 aromatic heterocycles. The molecule has 0 amide bonds. The SMILES string of the molecule is CN1C=C(F)N2C(c3nccs3)NC3CCCC(=O)C32C1. The van der Waals surface area contributed by atoms with Gasteiger partial charge in [0.15, 0.2) is 5.78 Å². The monoisotopic (exact) mass is 308 g/mol. The van der Waals surface area contributed by atoms with Crippen LogP contribution in [0, 0.1) is 0 Å². The summed E-state index contributed by atoms with van der Waals surface area (Å²) in [5, 5.41) is 6.14. The van der Waals surface area contributed by atoms with Crippen LogP contribution in [0.4, 0.5) is 4.39 Å². The number of nitrogens with one attached hydrogen (secondary N) is 1. The van der Waals surface area contributed by atoms with Gasteiger partial charge >= 0.3 is 0 Å². The molecular formula is C14H17FN4OS. The van der Waals surface area contributed by atoms with Gasteiger partial charge in [-0.3, -0.25) is 10.1 Å². The first-order valence-electron chi connectivity index (χ1n) is 7.18. The zero-order valence-electron chi connectivity index (χ0n) is 11.8. The molecule has 2 aliphatic heterocycles. The van der Waals surface area contributed by atoms with E-state index in [1.165, 1.54) is 17.5 Å². The molecular weight excluding hydrogens is 291 g/mol. The number of carbonyl (C=O) groups is 1. The Labute approximate surface area is 126 Å². The first-order valence-corrected chi connectivity index (χ1v) is 8.06. The van der Waals surface area contributed by atoms with Crippen LogP contribution in [0.25, 0.3) is 0 Å². The van der Waals surface area contributed by atoms with Gasteiger partial charge in [-0.15, -0.1) is 11.3 Å². The van der Waals surface area contributed by atoms with E-state index in [1.54, 1.807) is 16.0 Å². The predicted molar refractivity (Wildman–Crippen MR) is 77.0 cm³/mol. The third kappa shape index (κ3) is 1.70. The van der Waals surface area contributed by atoms with Gasteiger partial charge in [-0.25, -0.2) is 4.98 Å². The van der Waals surface area contributed by atoms with Crippen molar-refractivity contribution in [2.75, 3.05) is 13.6 Å². The van der Waals surface area contributed by atoms with Gasteiger partial charge in [0, 0.05) is 37.6 Å². The van der Waals surface area contributed by atoms with E-state index in [2.05, 4.69) is 10.3 Å². The average molecular weight is 308 g/mol. The van der Waals surface area contributed by atoms with Crippen molar-refractivity contribution in [1.29, 1.82) is 0 Å². The lowest BCUT2D eigenvalue weighted by Gasteiger charge is -2.48. The van der Waals surface area contributed by atoms with E-state index in [1.807, 2.05) is 12.4 Å². The van der Waals surface area contributed by atoms with Crippen LogP contribution < -0.4 is 5.32 Å². The van der Waals surface area contributed by atoms with Crippen LogP contribution in [-0.2, 0) is 4.79 Å². The summed E-state index contributed by atoms with van der Waals surface area (Å²) in [6.45, 7) is 0.527. The highest BCUT2D eigenvalue weighted by molar-refractivity contribution is 7.09. The lowest BCUT2D eigenvalue weighted by atomic mass is 9.75.